The molecule has 0 aromatic carbocycles. The zero-order valence-corrected chi connectivity index (χ0v) is 10.8. The maximum atomic E-state index is 11.6. The molecule has 0 aromatic heterocycles. The summed E-state index contributed by atoms with van der Waals surface area (Å²) in [4.78, 5) is 14.0. The number of likely N-dealkylation sites (tertiary alicyclic amines) is 1. The number of nitrogens with one attached hydrogen (secondary N) is 2. The molecular formula is C12H25N3O. The molecule has 1 heterocycles. The molecular weight excluding hydrogens is 202 g/mol. The Bertz CT molecular complexity index is 214. The molecule has 1 fully saturated rings. The van der Waals surface area contributed by atoms with Crippen LogP contribution in [0.2, 0.25) is 0 Å². The molecule has 0 saturated carbocycles. The highest BCUT2D eigenvalue weighted by molar-refractivity contribution is 5.81. The van der Waals surface area contributed by atoms with Gasteiger partial charge < -0.3 is 10.6 Å². The summed E-state index contributed by atoms with van der Waals surface area (Å²) in [5.41, 5.74) is 0. The number of hydrogen-bond acceptors (Lipinski definition) is 3. The SMILES string of the molecule is CNC(C)C(=O)NCC(C)N1CCCCC1. The van der Waals surface area contributed by atoms with Crippen LogP contribution in [0.5, 0.6) is 0 Å². The van der Waals surface area contributed by atoms with Crippen LogP contribution in [-0.4, -0.2) is 49.6 Å². The van der Waals surface area contributed by atoms with E-state index in [9.17, 15) is 4.79 Å². The normalized spacial score (nSPS) is 21.4. The molecule has 94 valence electrons. The summed E-state index contributed by atoms with van der Waals surface area (Å²) in [5.74, 6) is 0.0892. The highest BCUT2D eigenvalue weighted by Gasteiger charge is 2.18. The minimum atomic E-state index is -0.103. The van der Waals surface area contributed by atoms with Crippen molar-refractivity contribution in [1.29, 1.82) is 0 Å². The second-order valence-corrected chi connectivity index (χ2v) is 4.70. The zero-order valence-electron chi connectivity index (χ0n) is 10.8. The number of hydrogen-bond donors (Lipinski definition) is 2. The van der Waals surface area contributed by atoms with Crippen LogP contribution < -0.4 is 10.6 Å². The number of carbonyl (C=O) groups excluding carboxylic acids is 1. The lowest BCUT2D eigenvalue weighted by Crippen LogP contribution is -2.48. The summed E-state index contributed by atoms with van der Waals surface area (Å²) in [5, 5.41) is 5.93. The second kappa shape index (κ2) is 6.86. The molecule has 1 amide bonds. The minimum absolute atomic E-state index is 0.0892. The van der Waals surface area contributed by atoms with Gasteiger partial charge in [0, 0.05) is 12.6 Å². The Labute approximate surface area is 98.8 Å². The van der Waals surface area contributed by atoms with Crippen LogP contribution in [0.4, 0.5) is 0 Å². The van der Waals surface area contributed by atoms with Gasteiger partial charge in [-0.05, 0) is 46.8 Å². The predicted octanol–water partition coefficient (Wildman–Crippen LogP) is 0.585. The van der Waals surface area contributed by atoms with Crippen LogP contribution in [0.1, 0.15) is 33.1 Å². The van der Waals surface area contributed by atoms with Crippen molar-refractivity contribution in [1.82, 2.24) is 15.5 Å². The van der Waals surface area contributed by atoms with Gasteiger partial charge in [-0.1, -0.05) is 6.42 Å². The second-order valence-electron chi connectivity index (χ2n) is 4.70. The van der Waals surface area contributed by atoms with Gasteiger partial charge >= 0.3 is 0 Å². The predicted molar refractivity (Wildman–Crippen MR) is 66.4 cm³/mol. The third-order valence-electron chi connectivity index (χ3n) is 3.41. The van der Waals surface area contributed by atoms with Crippen molar-refractivity contribution in [3.05, 3.63) is 0 Å². The van der Waals surface area contributed by atoms with Gasteiger partial charge in [-0.25, -0.2) is 0 Å². The summed E-state index contributed by atoms with van der Waals surface area (Å²) in [6.45, 7) is 7.18. The first-order valence-corrected chi connectivity index (χ1v) is 6.34. The molecule has 4 nitrogen and oxygen atoms in total. The molecule has 1 aliphatic rings. The van der Waals surface area contributed by atoms with E-state index in [-0.39, 0.29) is 11.9 Å². The number of amides is 1. The van der Waals surface area contributed by atoms with Gasteiger partial charge in [-0.2, -0.15) is 0 Å². The standard InChI is InChI=1S/C12H25N3O/c1-10(15-7-5-4-6-8-15)9-14-12(16)11(2)13-3/h10-11,13H,4-9H2,1-3H3,(H,14,16). The molecule has 0 aliphatic carbocycles. The fourth-order valence-corrected chi connectivity index (χ4v) is 2.02. The van der Waals surface area contributed by atoms with Crippen LogP contribution in [0.25, 0.3) is 0 Å². The lowest BCUT2D eigenvalue weighted by molar-refractivity contribution is -0.122. The third kappa shape index (κ3) is 4.10. The summed E-state index contributed by atoms with van der Waals surface area (Å²) < 4.78 is 0. The van der Waals surface area contributed by atoms with E-state index >= 15 is 0 Å². The molecule has 0 aromatic rings. The van der Waals surface area contributed by atoms with Gasteiger partial charge in [0.25, 0.3) is 0 Å². The Kier molecular flexibility index (Phi) is 5.77. The van der Waals surface area contributed by atoms with Crippen LogP contribution in [0, 0.1) is 0 Å². The molecule has 2 atom stereocenters. The Hall–Kier alpha value is -0.610. The van der Waals surface area contributed by atoms with E-state index in [0.717, 1.165) is 6.54 Å². The van der Waals surface area contributed by atoms with E-state index in [0.29, 0.717) is 6.04 Å². The molecule has 1 rings (SSSR count). The maximum absolute atomic E-state index is 11.6. The lowest BCUT2D eigenvalue weighted by atomic mass is 10.1. The maximum Gasteiger partial charge on any atom is 0.236 e. The number of likely N-dealkylation sites (N-methyl/N-ethyl adjacent to an activating group) is 1. The molecule has 0 bridgehead atoms. The number of piperidine rings is 1. The van der Waals surface area contributed by atoms with Gasteiger partial charge in [0.1, 0.15) is 0 Å². The topological polar surface area (TPSA) is 44.4 Å². The summed E-state index contributed by atoms with van der Waals surface area (Å²) in [6, 6.07) is 0.349. The van der Waals surface area contributed by atoms with Crippen molar-refractivity contribution in [2.75, 3.05) is 26.7 Å². The molecule has 1 saturated heterocycles. The molecule has 0 radical (unpaired) electrons. The summed E-state index contributed by atoms with van der Waals surface area (Å²) >= 11 is 0. The van der Waals surface area contributed by atoms with E-state index in [4.69, 9.17) is 0 Å². The van der Waals surface area contributed by atoms with Crippen molar-refractivity contribution < 1.29 is 4.79 Å². The third-order valence-corrected chi connectivity index (χ3v) is 3.41. The Morgan fingerprint density at radius 2 is 1.88 bits per heavy atom. The van der Waals surface area contributed by atoms with Crippen molar-refractivity contribution in [3.8, 4) is 0 Å². The Balaban J connectivity index is 2.23. The largest absolute Gasteiger partial charge is 0.353 e. The molecule has 2 unspecified atom stereocenters. The van der Waals surface area contributed by atoms with E-state index in [2.05, 4.69) is 22.5 Å². The summed E-state index contributed by atoms with van der Waals surface area (Å²) in [6.07, 6.45) is 3.95. The first kappa shape index (κ1) is 13.5. The Morgan fingerprint density at radius 1 is 1.25 bits per heavy atom. The average Bonchev–Trinajstić information content (AvgIpc) is 2.35. The molecule has 2 N–H and O–H groups in total. The van der Waals surface area contributed by atoms with Gasteiger partial charge in [-0.15, -0.1) is 0 Å². The van der Waals surface area contributed by atoms with Crippen LogP contribution >= 0.6 is 0 Å². The number of carbonyl (C=O) groups is 1. The first-order chi connectivity index (χ1) is 7.65. The molecule has 4 heteroatoms. The fraction of sp³-hybridized carbons (Fsp3) is 0.917. The average molecular weight is 227 g/mol. The smallest absolute Gasteiger partial charge is 0.236 e. The minimum Gasteiger partial charge on any atom is -0.353 e. The number of rotatable bonds is 5. The molecule has 16 heavy (non-hydrogen) atoms. The monoisotopic (exact) mass is 227 g/mol. The van der Waals surface area contributed by atoms with Gasteiger partial charge in [-0.3, -0.25) is 9.69 Å². The molecule has 1 aliphatic heterocycles. The van der Waals surface area contributed by atoms with E-state index in [1.807, 2.05) is 6.92 Å². The van der Waals surface area contributed by atoms with E-state index in [1.165, 1.54) is 32.4 Å². The van der Waals surface area contributed by atoms with Gasteiger partial charge in [0.15, 0.2) is 0 Å². The van der Waals surface area contributed by atoms with Crippen molar-refractivity contribution in [2.24, 2.45) is 0 Å². The van der Waals surface area contributed by atoms with E-state index < -0.39 is 0 Å². The molecule has 0 spiro atoms. The first-order valence-electron chi connectivity index (χ1n) is 6.34. The van der Waals surface area contributed by atoms with Gasteiger partial charge in [0.2, 0.25) is 5.91 Å². The quantitative estimate of drug-likeness (QED) is 0.722. The zero-order chi connectivity index (χ0) is 12.0. The fourth-order valence-electron chi connectivity index (χ4n) is 2.02. The highest BCUT2D eigenvalue weighted by Crippen LogP contribution is 2.11. The van der Waals surface area contributed by atoms with Crippen molar-refractivity contribution in [2.45, 2.75) is 45.2 Å². The van der Waals surface area contributed by atoms with Gasteiger partial charge in [0.05, 0.1) is 6.04 Å². The Morgan fingerprint density at radius 3 is 2.44 bits per heavy atom. The van der Waals surface area contributed by atoms with Crippen molar-refractivity contribution >= 4 is 5.91 Å². The van der Waals surface area contributed by atoms with Crippen molar-refractivity contribution in [3.63, 3.8) is 0 Å². The highest BCUT2D eigenvalue weighted by atomic mass is 16.2. The summed E-state index contributed by atoms with van der Waals surface area (Å²) in [7, 11) is 1.80. The van der Waals surface area contributed by atoms with Crippen LogP contribution in [0.15, 0.2) is 0 Å². The van der Waals surface area contributed by atoms with Crippen LogP contribution in [0.3, 0.4) is 0 Å². The van der Waals surface area contributed by atoms with Crippen LogP contribution in [-0.2, 0) is 4.79 Å². The lowest BCUT2D eigenvalue weighted by Gasteiger charge is -2.32. The van der Waals surface area contributed by atoms with E-state index in [1.54, 1.807) is 7.05 Å². The number of nitrogens with zero attached hydrogens (tertiary/aromatic N) is 1.